The van der Waals surface area contributed by atoms with Crippen LogP contribution >= 0.6 is 0 Å². The van der Waals surface area contributed by atoms with Crippen molar-refractivity contribution in [2.45, 2.75) is 218 Å². The van der Waals surface area contributed by atoms with E-state index in [9.17, 15) is 68.1 Å². The molecule has 4 rings (SSSR count). The van der Waals surface area contributed by atoms with Gasteiger partial charge in [0.2, 0.25) is 59.1 Å². The van der Waals surface area contributed by atoms with Gasteiger partial charge in [0.15, 0.2) is 0 Å². The molecule has 0 fully saturated rings. The second-order valence-electron chi connectivity index (χ2n) is 26.2. The molecular weight excluding hydrogens is 1300 g/mol. The zero-order valence-electron chi connectivity index (χ0n) is 59.0. The first-order valence-corrected chi connectivity index (χ1v) is 34.4. The van der Waals surface area contributed by atoms with Gasteiger partial charge in [-0.15, -0.1) is 0 Å². The minimum absolute atomic E-state index is 0.0152. The van der Waals surface area contributed by atoms with E-state index in [0.29, 0.717) is 23.1 Å². The number of carbonyl (C=O) groups is 12. The van der Waals surface area contributed by atoms with Crippen LogP contribution in [0.2, 0.25) is 0 Å². The van der Waals surface area contributed by atoms with Crippen LogP contribution in [0, 0.1) is 11.8 Å². The molecule has 0 spiro atoms. The van der Waals surface area contributed by atoms with Gasteiger partial charge < -0.3 is 84.7 Å². The number of hydrogen-bond donors (Lipinski definition) is 15. The zero-order valence-corrected chi connectivity index (χ0v) is 59.0. The highest BCUT2D eigenvalue weighted by atomic mass is 16.5. The molecule has 0 aliphatic carbocycles. The van der Waals surface area contributed by atoms with Crippen LogP contribution in [0.3, 0.4) is 0 Å². The third-order valence-corrected chi connectivity index (χ3v) is 16.5. The molecule has 0 aromatic heterocycles. The summed E-state index contributed by atoms with van der Waals surface area (Å²) in [6, 6.07) is 21.2. The number of nitrogens with two attached hydrogens (primary N) is 2. The number of alkyl carbamates (subject to hydrolysis) is 1. The highest BCUT2D eigenvalue weighted by molar-refractivity contribution is 6.00. The van der Waals surface area contributed by atoms with Crippen molar-refractivity contribution in [3.8, 4) is 0 Å². The molecule has 17 N–H and O–H groups in total. The van der Waals surface area contributed by atoms with Gasteiger partial charge in [0.05, 0.1) is 31.1 Å². The number of ether oxygens (including phenoxy) is 1. The van der Waals surface area contributed by atoms with Gasteiger partial charge in [0, 0.05) is 6.54 Å². The molecule has 28 nitrogen and oxygen atoms in total. The first kappa shape index (κ1) is 83.6. The molecule has 0 bridgehead atoms. The molecule has 0 unspecified atom stereocenters. The van der Waals surface area contributed by atoms with Crippen LogP contribution in [0.5, 0.6) is 0 Å². The Morgan fingerprint density at radius 3 is 1.34 bits per heavy atom. The normalized spacial score (nSPS) is 14.6. The molecular formula is C73H104N12O16. The van der Waals surface area contributed by atoms with E-state index in [2.05, 4.69) is 60.1 Å². The largest absolute Gasteiger partial charge is 0.480 e. The summed E-state index contributed by atoms with van der Waals surface area (Å²) in [6.07, 6.45) is -0.236. The number of hydrogen-bond acceptors (Lipinski definition) is 16. The summed E-state index contributed by atoms with van der Waals surface area (Å²) >= 11 is 0. The number of rotatable bonds is 44. The highest BCUT2D eigenvalue weighted by Crippen LogP contribution is 2.37. The van der Waals surface area contributed by atoms with E-state index in [1.165, 1.54) is 20.8 Å². The summed E-state index contributed by atoms with van der Waals surface area (Å²) in [5, 5.41) is 57.1. The van der Waals surface area contributed by atoms with Crippen LogP contribution in [0.1, 0.15) is 161 Å². The van der Waals surface area contributed by atoms with Crippen molar-refractivity contribution in [2.75, 3.05) is 6.54 Å². The van der Waals surface area contributed by atoms with Gasteiger partial charge in [0.25, 0.3) is 0 Å². The van der Waals surface area contributed by atoms with Gasteiger partial charge in [0.1, 0.15) is 60.5 Å². The van der Waals surface area contributed by atoms with Crippen molar-refractivity contribution in [2.24, 2.45) is 23.3 Å². The van der Waals surface area contributed by atoms with E-state index in [0.717, 1.165) is 37.7 Å². The summed E-state index contributed by atoms with van der Waals surface area (Å²) in [5.41, 5.74) is 12.8. The third kappa shape index (κ3) is 28.4. The molecule has 4 aromatic rings. The number of unbranched alkanes of at least 4 members (excludes halogenated alkanes) is 5. The molecule has 0 saturated carbocycles. The maximum Gasteiger partial charge on any atom is 0.407 e. The molecule has 0 saturated heterocycles. The number of carbonyl (C=O) groups excluding carboxylic acids is 11. The van der Waals surface area contributed by atoms with Gasteiger partial charge in [-0.1, -0.05) is 194 Å². The lowest BCUT2D eigenvalue weighted by atomic mass is 9.77. The molecule has 4 aromatic carbocycles. The van der Waals surface area contributed by atoms with Crippen molar-refractivity contribution in [3.05, 3.63) is 144 Å². The fourth-order valence-electron chi connectivity index (χ4n) is 11.1. The monoisotopic (exact) mass is 1400 g/mol. The third-order valence-electron chi connectivity index (χ3n) is 16.5. The lowest BCUT2D eigenvalue weighted by Gasteiger charge is -2.37. The van der Waals surface area contributed by atoms with Crippen molar-refractivity contribution in [1.29, 1.82) is 0 Å². The Morgan fingerprint density at radius 2 is 0.861 bits per heavy atom. The predicted molar refractivity (Wildman–Crippen MR) is 377 cm³/mol. The quantitative estimate of drug-likeness (QED) is 0.0224. The number of primary amides is 1. The maximum absolute atomic E-state index is 15.0. The van der Waals surface area contributed by atoms with Crippen LogP contribution in [-0.2, 0) is 69.6 Å². The van der Waals surface area contributed by atoms with Crippen molar-refractivity contribution in [3.63, 3.8) is 0 Å². The van der Waals surface area contributed by atoms with Crippen LogP contribution in [-0.4, -0.2) is 160 Å². The number of amides is 11. The first-order valence-electron chi connectivity index (χ1n) is 34.4. The number of aliphatic hydroxyl groups excluding tert-OH is 2. The fourth-order valence-corrected chi connectivity index (χ4v) is 11.1. The predicted octanol–water partition coefficient (Wildman–Crippen LogP) is 2.98. The Bertz CT molecular complexity index is 3230. The van der Waals surface area contributed by atoms with Gasteiger partial charge in [-0.25, -0.2) is 9.59 Å². The number of nitrogens with one attached hydrogen (secondary N) is 10. The smallest absolute Gasteiger partial charge is 0.407 e. The van der Waals surface area contributed by atoms with E-state index in [4.69, 9.17) is 16.2 Å². The topological polar surface area (TPSA) is 447 Å². The second kappa shape index (κ2) is 43.0. The zero-order chi connectivity index (χ0) is 74.8. The Morgan fingerprint density at radius 1 is 0.455 bits per heavy atom. The van der Waals surface area contributed by atoms with E-state index < -0.39 is 156 Å². The van der Waals surface area contributed by atoms with Crippen LogP contribution in [0.25, 0.3) is 0 Å². The number of carboxylic acids is 1. The second-order valence-corrected chi connectivity index (χ2v) is 26.2. The van der Waals surface area contributed by atoms with Gasteiger partial charge in [-0.05, 0) is 87.0 Å². The Hall–Kier alpha value is -9.80. The summed E-state index contributed by atoms with van der Waals surface area (Å²) in [4.78, 5) is 166. The highest BCUT2D eigenvalue weighted by Gasteiger charge is 2.41. The summed E-state index contributed by atoms with van der Waals surface area (Å²) in [5.74, 6) is -12.2. The lowest BCUT2D eigenvalue weighted by molar-refractivity contribution is -0.142. The van der Waals surface area contributed by atoms with Gasteiger partial charge >= 0.3 is 12.1 Å². The average Bonchev–Trinajstić information content (AvgIpc) is 0.755. The molecule has 552 valence electrons. The molecule has 11 amide bonds. The first-order chi connectivity index (χ1) is 48.0. The van der Waals surface area contributed by atoms with E-state index in [1.807, 2.05) is 6.07 Å². The molecule has 0 heterocycles. The van der Waals surface area contributed by atoms with Crippen molar-refractivity contribution >= 4 is 71.1 Å². The SMILES string of the molecule is CCCCCCCC[C@@H](NC(=O)[C@@H](CC(C)C)NC(=O)[C@@H](NC(=O)[C@@H](CC(C)C)NC(=O)[C@@H](CC(N)=O)NC(=O)[C@H](CC(=O)NC(c1ccccc1)(c1ccccc1)c1ccccc1)NC(=O)[C@H](C)NC(=O)[C@@H](NC(=O)[C@@H](N)CCCNC(=O)OCc1ccccc1)[C@@H](C)O)[C@@H](C)O)C(=O)O. The van der Waals surface area contributed by atoms with Crippen molar-refractivity contribution in [1.82, 2.24) is 53.2 Å². The summed E-state index contributed by atoms with van der Waals surface area (Å²) < 4.78 is 5.20. The van der Waals surface area contributed by atoms with E-state index in [-0.39, 0.29) is 57.1 Å². The Kier molecular flexibility index (Phi) is 35.6. The molecule has 101 heavy (non-hydrogen) atoms. The number of aliphatic hydroxyl groups is 2. The minimum Gasteiger partial charge on any atom is -0.480 e. The summed E-state index contributed by atoms with van der Waals surface area (Å²) in [6.45, 7) is 12.7. The molecule has 11 atom stereocenters. The molecule has 28 heteroatoms. The number of benzene rings is 4. The standard InChI is InChI=1S/C73H104N12O16/c1-9-10-11-12-13-26-37-54(71(98)99)78-65(92)55(39-44(2)3)82-70(97)62(48(8)87)84-68(95)56(40-45(4)5)80-66(93)57(41-59(75)88)81-67(94)58(42-60(89)85-73(50-30-20-15-21-31-50,51-32-22-16-23-33-51)52-34-24-17-25-35-52)79-63(90)46(6)77-69(96)61(47(7)86)83-64(91)53(74)36-27-38-76-72(100)101-43-49-28-18-14-19-29-49/h14-25,28-35,44-48,53-58,61-62,86-87H,9-13,26-27,36-43,74H2,1-8H3,(H2,75,88)(H,76,100)(H,77,96)(H,78,92)(H,79,90)(H,80,93)(H,81,94)(H,82,97)(H,83,91)(H,84,95)(H,85,89)(H,98,99)/t46-,47+,48+,53-,54+,55+,56+,57+,58-,61-,62-/m0/s1. The summed E-state index contributed by atoms with van der Waals surface area (Å²) in [7, 11) is 0. The van der Waals surface area contributed by atoms with Gasteiger partial charge in [-0.2, -0.15) is 0 Å². The lowest BCUT2D eigenvalue weighted by Crippen LogP contribution is -2.62. The van der Waals surface area contributed by atoms with Crippen LogP contribution < -0.4 is 64.6 Å². The fraction of sp³-hybridized carbons (Fsp3) is 0.507. The molecule has 0 radical (unpaired) electrons. The van der Waals surface area contributed by atoms with Crippen LogP contribution in [0.4, 0.5) is 4.79 Å². The molecule has 0 aliphatic heterocycles. The minimum atomic E-state index is -1.97. The van der Waals surface area contributed by atoms with E-state index in [1.54, 1.807) is 143 Å². The van der Waals surface area contributed by atoms with Crippen molar-refractivity contribution < 1.29 is 77.6 Å². The van der Waals surface area contributed by atoms with E-state index >= 15 is 4.79 Å². The Balaban J connectivity index is 1.62. The van der Waals surface area contributed by atoms with Crippen LogP contribution in [0.15, 0.2) is 121 Å². The Labute approximate surface area is 590 Å². The van der Waals surface area contributed by atoms with Gasteiger partial charge in [-0.3, -0.25) is 47.9 Å². The average molecular weight is 1410 g/mol. The molecule has 0 aliphatic rings. The maximum atomic E-state index is 15.0. The number of carboxylic acid groups (broad SMARTS) is 1. The number of aliphatic carboxylic acids is 1.